The number of nitrogens with zero attached hydrogens (tertiary/aromatic N) is 1. The molecule has 0 atom stereocenters. The first-order valence-electron chi connectivity index (χ1n) is 7.30. The van der Waals surface area contributed by atoms with E-state index in [0.29, 0.717) is 16.5 Å². The highest BCUT2D eigenvalue weighted by Gasteiger charge is 2.18. The van der Waals surface area contributed by atoms with E-state index in [9.17, 15) is 4.79 Å². The summed E-state index contributed by atoms with van der Waals surface area (Å²) in [5.41, 5.74) is 0.840. The van der Waals surface area contributed by atoms with Gasteiger partial charge in [-0.2, -0.15) is 0 Å². The molecule has 5 heteroatoms. The quantitative estimate of drug-likeness (QED) is 0.785. The fourth-order valence-corrected chi connectivity index (χ4v) is 2.92. The Morgan fingerprint density at radius 2 is 1.90 bits per heavy atom. The van der Waals surface area contributed by atoms with Crippen molar-refractivity contribution in [1.29, 1.82) is 0 Å². The van der Waals surface area contributed by atoms with Crippen LogP contribution in [0.25, 0.3) is 6.08 Å². The molecule has 0 N–H and O–H groups in total. The smallest absolute Gasteiger partial charge is 0.246 e. The van der Waals surface area contributed by atoms with E-state index in [2.05, 4.69) is 0 Å². The molecule has 0 bridgehead atoms. The molecule has 112 valence electrons. The fraction of sp³-hybridized carbons (Fsp3) is 0.438. The standard InChI is InChI=1S/C16H18ClNO3/c17-13-9-12(10-14-16(13)21-11-20-14)5-6-15(19)18-7-3-1-2-4-8-18/h5-6,9-10H,1-4,7-8,11H2/b6-5+. The predicted molar refractivity (Wildman–Crippen MR) is 81.7 cm³/mol. The minimum Gasteiger partial charge on any atom is -0.454 e. The van der Waals surface area contributed by atoms with Gasteiger partial charge >= 0.3 is 0 Å². The van der Waals surface area contributed by atoms with Gasteiger partial charge in [0, 0.05) is 19.2 Å². The van der Waals surface area contributed by atoms with Crippen molar-refractivity contribution in [1.82, 2.24) is 4.90 Å². The number of rotatable bonds is 2. The van der Waals surface area contributed by atoms with Crippen LogP contribution in [0.1, 0.15) is 31.2 Å². The number of likely N-dealkylation sites (tertiary alicyclic amines) is 1. The average Bonchev–Trinajstić information content (AvgIpc) is 2.79. The van der Waals surface area contributed by atoms with Gasteiger partial charge in [-0.25, -0.2) is 0 Å². The monoisotopic (exact) mass is 307 g/mol. The van der Waals surface area contributed by atoms with Gasteiger partial charge in [-0.15, -0.1) is 0 Å². The zero-order valence-corrected chi connectivity index (χ0v) is 12.6. The lowest BCUT2D eigenvalue weighted by molar-refractivity contribution is -0.125. The Bertz CT molecular complexity index is 563. The van der Waals surface area contributed by atoms with Gasteiger partial charge in [0.25, 0.3) is 0 Å². The van der Waals surface area contributed by atoms with Crippen LogP contribution in [-0.2, 0) is 4.79 Å². The summed E-state index contributed by atoms with van der Waals surface area (Å²) >= 11 is 6.13. The van der Waals surface area contributed by atoms with Gasteiger partial charge in [0.05, 0.1) is 5.02 Å². The first-order valence-corrected chi connectivity index (χ1v) is 7.68. The van der Waals surface area contributed by atoms with E-state index in [1.807, 2.05) is 11.0 Å². The second-order valence-corrected chi connectivity index (χ2v) is 5.72. The van der Waals surface area contributed by atoms with Crippen LogP contribution in [0, 0.1) is 0 Å². The fourth-order valence-electron chi connectivity index (χ4n) is 2.65. The van der Waals surface area contributed by atoms with E-state index in [0.717, 1.165) is 31.5 Å². The molecule has 2 aliphatic heterocycles. The number of hydrogen-bond donors (Lipinski definition) is 0. The summed E-state index contributed by atoms with van der Waals surface area (Å²) in [5, 5.41) is 0.506. The summed E-state index contributed by atoms with van der Waals surface area (Å²) < 4.78 is 10.6. The molecular formula is C16H18ClNO3. The van der Waals surface area contributed by atoms with E-state index < -0.39 is 0 Å². The zero-order valence-electron chi connectivity index (χ0n) is 11.8. The van der Waals surface area contributed by atoms with E-state index in [1.165, 1.54) is 12.8 Å². The maximum Gasteiger partial charge on any atom is 0.246 e. The zero-order chi connectivity index (χ0) is 14.7. The van der Waals surface area contributed by atoms with Crippen LogP contribution >= 0.6 is 11.6 Å². The van der Waals surface area contributed by atoms with Crippen molar-refractivity contribution in [3.05, 3.63) is 28.8 Å². The molecular weight excluding hydrogens is 290 g/mol. The van der Waals surface area contributed by atoms with Crippen LogP contribution in [0.5, 0.6) is 11.5 Å². The number of hydrogen-bond acceptors (Lipinski definition) is 3. The van der Waals surface area contributed by atoms with Gasteiger partial charge in [-0.3, -0.25) is 4.79 Å². The lowest BCUT2D eigenvalue weighted by Crippen LogP contribution is -2.30. The first kappa shape index (κ1) is 14.3. The molecule has 2 aliphatic rings. The lowest BCUT2D eigenvalue weighted by Gasteiger charge is -2.17. The van der Waals surface area contributed by atoms with E-state index in [-0.39, 0.29) is 12.7 Å². The van der Waals surface area contributed by atoms with Crippen LogP contribution < -0.4 is 9.47 Å². The number of carbonyl (C=O) groups is 1. The van der Waals surface area contributed by atoms with Gasteiger partial charge in [0.1, 0.15) is 0 Å². The van der Waals surface area contributed by atoms with Gasteiger partial charge in [0.15, 0.2) is 11.5 Å². The molecule has 1 aromatic carbocycles. The number of fused-ring (bicyclic) bond motifs is 1. The molecule has 1 amide bonds. The summed E-state index contributed by atoms with van der Waals surface area (Å²) in [6.07, 6.45) is 8.00. The van der Waals surface area contributed by atoms with Gasteiger partial charge in [-0.05, 0) is 36.6 Å². The molecule has 3 rings (SSSR count). The third-order valence-electron chi connectivity index (χ3n) is 3.79. The Balaban J connectivity index is 1.70. The molecule has 0 radical (unpaired) electrons. The first-order chi connectivity index (χ1) is 10.2. The third-order valence-corrected chi connectivity index (χ3v) is 4.07. The van der Waals surface area contributed by atoms with Crippen LogP contribution in [0.15, 0.2) is 18.2 Å². The maximum atomic E-state index is 12.2. The van der Waals surface area contributed by atoms with Crippen molar-refractivity contribution in [3.63, 3.8) is 0 Å². The van der Waals surface area contributed by atoms with Crippen LogP contribution in [0.2, 0.25) is 5.02 Å². The number of amides is 1. The summed E-state index contributed by atoms with van der Waals surface area (Å²) in [7, 11) is 0. The lowest BCUT2D eigenvalue weighted by atomic mass is 10.2. The molecule has 0 aromatic heterocycles. The number of benzene rings is 1. The Morgan fingerprint density at radius 3 is 2.67 bits per heavy atom. The van der Waals surface area contributed by atoms with Crippen molar-refractivity contribution in [2.24, 2.45) is 0 Å². The van der Waals surface area contributed by atoms with Crippen LogP contribution in [0.3, 0.4) is 0 Å². The predicted octanol–water partition coefficient (Wildman–Crippen LogP) is 3.48. The molecule has 0 unspecified atom stereocenters. The highest BCUT2D eigenvalue weighted by molar-refractivity contribution is 6.32. The second kappa shape index (κ2) is 6.39. The molecule has 2 heterocycles. The van der Waals surface area contributed by atoms with Crippen molar-refractivity contribution in [3.8, 4) is 11.5 Å². The van der Waals surface area contributed by atoms with Crippen LogP contribution in [-0.4, -0.2) is 30.7 Å². The second-order valence-electron chi connectivity index (χ2n) is 5.31. The maximum absolute atomic E-state index is 12.2. The largest absolute Gasteiger partial charge is 0.454 e. The van der Waals surface area contributed by atoms with E-state index in [1.54, 1.807) is 18.2 Å². The Labute approximate surface area is 129 Å². The summed E-state index contributed by atoms with van der Waals surface area (Å²) in [6, 6.07) is 3.61. The Kier molecular flexibility index (Phi) is 4.34. The van der Waals surface area contributed by atoms with Gasteiger partial charge < -0.3 is 14.4 Å². The normalized spacial score (nSPS) is 18.0. The third kappa shape index (κ3) is 3.32. The average molecular weight is 308 g/mol. The molecule has 1 fully saturated rings. The minimum atomic E-state index is 0.0608. The summed E-state index contributed by atoms with van der Waals surface area (Å²) in [5.74, 6) is 1.27. The summed E-state index contributed by atoms with van der Waals surface area (Å²) in [4.78, 5) is 14.1. The minimum absolute atomic E-state index is 0.0608. The Hall–Kier alpha value is -1.68. The number of carbonyl (C=O) groups excluding carboxylic acids is 1. The molecule has 1 aromatic rings. The van der Waals surface area contributed by atoms with Crippen molar-refractivity contribution < 1.29 is 14.3 Å². The number of ether oxygens (including phenoxy) is 2. The molecule has 1 saturated heterocycles. The van der Waals surface area contributed by atoms with Crippen LogP contribution in [0.4, 0.5) is 0 Å². The van der Waals surface area contributed by atoms with Crippen molar-refractivity contribution in [2.45, 2.75) is 25.7 Å². The molecule has 0 spiro atoms. The Morgan fingerprint density at radius 1 is 1.14 bits per heavy atom. The molecule has 0 aliphatic carbocycles. The van der Waals surface area contributed by atoms with Gasteiger partial charge in [0.2, 0.25) is 12.7 Å². The van der Waals surface area contributed by atoms with E-state index in [4.69, 9.17) is 21.1 Å². The highest BCUT2D eigenvalue weighted by atomic mass is 35.5. The van der Waals surface area contributed by atoms with Crippen molar-refractivity contribution >= 4 is 23.6 Å². The van der Waals surface area contributed by atoms with E-state index >= 15 is 0 Å². The van der Waals surface area contributed by atoms with Gasteiger partial charge in [-0.1, -0.05) is 24.4 Å². The number of halogens is 1. The highest BCUT2D eigenvalue weighted by Crippen LogP contribution is 2.40. The van der Waals surface area contributed by atoms with Crippen molar-refractivity contribution in [2.75, 3.05) is 19.9 Å². The topological polar surface area (TPSA) is 38.8 Å². The molecule has 21 heavy (non-hydrogen) atoms. The molecule has 4 nitrogen and oxygen atoms in total. The SMILES string of the molecule is O=C(/C=C/c1cc(Cl)c2c(c1)OCO2)N1CCCCCC1. The molecule has 0 saturated carbocycles. The summed E-state index contributed by atoms with van der Waals surface area (Å²) in [6.45, 7) is 1.89.